The maximum atomic E-state index is 13.1. The quantitative estimate of drug-likeness (QED) is 0.598. The van der Waals surface area contributed by atoms with Gasteiger partial charge in [0.05, 0.1) is 36.3 Å². The van der Waals surface area contributed by atoms with Gasteiger partial charge in [0.15, 0.2) is 0 Å². The van der Waals surface area contributed by atoms with E-state index in [4.69, 9.17) is 16.3 Å². The van der Waals surface area contributed by atoms with Gasteiger partial charge in [-0.1, -0.05) is 11.6 Å². The van der Waals surface area contributed by atoms with E-state index in [2.05, 4.69) is 20.7 Å². The largest absolute Gasteiger partial charge is 0.495 e. The summed E-state index contributed by atoms with van der Waals surface area (Å²) in [5.74, 6) is -0.133. The van der Waals surface area contributed by atoms with Gasteiger partial charge in [-0.3, -0.25) is 4.79 Å². The Kier molecular flexibility index (Phi) is 6.16. The highest BCUT2D eigenvalue weighted by atomic mass is 35.5. The fraction of sp³-hybridized carbons (Fsp3) is 0.211. The van der Waals surface area contributed by atoms with E-state index >= 15 is 0 Å². The normalized spacial score (nSPS) is 11.3. The average Bonchev–Trinajstić information content (AvgIpc) is 3.22. The molecule has 3 rings (SSSR count). The zero-order chi connectivity index (χ0) is 21.9. The number of hydrogen-bond acceptors (Lipinski definition) is 5. The number of nitrogens with zero attached hydrogens (tertiary/aromatic N) is 3. The molecule has 0 aliphatic rings. The average molecular weight is 440 g/mol. The zero-order valence-electron chi connectivity index (χ0n) is 15.9. The van der Waals surface area contributed by atoms with Crippen LogP contribution in [-0.2, 0) is 11.0 Å². The minimum atomic E-state index is -4.56. The summed E-state index contributed by atoms with van der Waals surface area (Å²) >= 11 is 6.06. The number of rotatable bonds is 6. The van der Waals surface area contributed by atoms with Crippen LogP contribution in [0.25, 0.3) is 5.69 Å². The van der Waals surface area contributed by atoms with Gasteiger partial charge in [-0.05, 0) is 36.8 Å². The molecular formula is C19H17ClF3N5O2. The second-order valence-corrected chi connectivity index (χ2v) is 6.68. The van der Waals surface area contributed by atoms with Crippen molar-refractivity contribution in [2.45, 2.75) is 13.1 Å². The standard InChI is InChI=1S/C19H17ClF3N5O2/c1-11-5-15(17(30-2)7-13(11)20)25-8-18(29)27-14-6-12(19(21,22)23)3-4-16(14)28-10-24-9-26-28/h3-7,9-10,25H,8H2,1-2H3,(H,27,29). The highest BCUT2D eigenvalue weighted by Gasteiger charge is 2.31. The minimum absolute atomic E-state index is 0.0543. The molecular weight excluding hydrogens is 423 g/mol. The minimum Gasteiger partial charge on any atom is -0.495 e. The van der Waals surface area contributed by atoms with Crippen molar-refractivity contribution in [1.82, 2.24) is 14.8 Å². The third kappa shape index (κ3) is 4.82. The van der Waals surface area contributed by atoms with E-state index in [-0.39, 0.29) is 17.9 Å². The van der Waals surface area contributed by atoms with Crippen molar-refractivity contribution in [2.24, 2.45) is 0 Å². The van der Waals surface area contributed by atoms with E-state index in [1.807, 2.05) is 0 Å². The van der Waals surface area contributed by atoms with Crippen molar-refractivity contribution in [3.8, 4) is 11.4 Å². The number of alkyl halides is 3. The third-order valence-electron chi connectivity index (χ3n) is 4.18. The maximum Gasteiger partial charge on any atom is 0.416 e. The summed E-state index contributed by atoms with van der Waals surface area (Å²) in [7, 11) is 1.46. The first-order valence-corrected chi connectivity index (χ1v) is 9.01. The van der Waals surface area contributed by atoms with E-state index in [0.29, 0.717) is 16.5 Å². The Labute approximate surface area is 174 Å². The Hall–Kier alpha value is -3.27. The number of hydrogen-bond donors (Lipinski definition) is 2. The number of methoxy groups -OCH3 is 1. The van der Waals surface area contributed by atoms with E-state index in [1.165, 1.54) is 30.5 Å². The molecule has 0 fully saturated rings. The molecule has 0 radical (unpaired) electrons. The molecule has 2 aromatic carbocycles. The predicted octanol–water partition coefficient (Wildman–Crippen LogP) is 4.31. The number of aromatic nitrogens is 3. The first-order valence-electron chi connectivity index (χ1n) is 8.63. The zero-order valence-corrected chi connectivity index (χ0v) is 16.7. The van der Waals surface area contributed by atoms with Gasteiger partial charge in [0.25, 0.3) is 0 Å². The molecule has 0 bridgehead atoms. The van der Waals surface area contributed by atoms with Crippen molar-refractivity contribution >= 4 is 28.9 Å². The number of aryl methyl sites for hydroxylation is 1. The predicted molar refractivity (Wildman–Crippen MR) is 106 cm³/mol. The summed E-state index contributed by atoms with van der Waals surface area (Å²) in [6.07, 6.45) is -2.01. The second-order valence-electron chi connectivity index (χ2n) is 6.27. The van der Waals surface area contributed by atoms with Crippen molar-refractivity contribution in [2.75, 3.05) is 24.3 Å². The van der Waals surface area contributed by atoms with Crippen LogP contribution in [0, 0.1) is 6.92 Å². The van der Waals surface area contributed by atoms with Crippen LogP contribution in [0.3, 0.4) is 0 Å². The summed E-state index contributed by atoms with van der Waals surface area (Å²) in [5.41, 5.74) is 0.585. The molecule has 1 aromatic heterocycles. The van der Waals surface area contributed by atoms with Gasteiger partial charge < -0.3 is 15.4 Å². The van der Waals surface area contributed by atoms with E-state index < -0.39 is 17.6 Å². The van der Waals surface area contributed by atoms with Crippen LogP contribution in [0.1, 0.15) is 11.1 Å². The lowest BCUT2D eigenvalue weighted by atomic mass is 10.1. The third-order valence-corrected chi connectivity index (χ3v) is 4.59. The number of benzene rings is 2. The molecule has 0 spiro atoms. The molecule has 30 heavy (non-hydrogen) atoms. The first kappa shape index (κ1) is 21.4. The number of anilines is 2. The molecule has 1 amide bonds. The van der Waals surface area contributed by atoms with Crippen molar-refractivity contribution in [1.29, 1.82) is 0 Å². The van der Waals surface area contributed by atoms with Gasteiger partial charge in [-0.15, -0.1) is 0 Å². The number of halogens is 4. The Bertz CT molecular complexity index is 1060. The molecule has 0 aliphatic heterocycles. The van der Waals surface area contributed by atoms with Crippen LogP contribution in [-0.4, -0.2) is 34.3 Å². The van der Waals surface area contributed by atoms with Gasteiger partial charge in [-0.25, -0.2) is 9.67 Å². The Morgan fingerprint density at radius 1 is 1.23 bits per heavy atom. The molecule has 0 unspecified atom stereocenters. The lowest BCUT2D eigenvalue weighted by Gasteiger charge is -2.16. The molecule has 11 heteroatoms. The molecule has 2 N–H and O–H groups in total. The van der Waals surface area contributed by atoms with Gasteiger partial charge in [0.1, 0.15) is 18.4 Å². The van der Waals surface area contributed by atoms with Crippen molar-refractivity contribution in [3.63, 3.8) is 0 Å². The topological polar surface area (TPSA) is 81.1 Å². The number of carbonyl (C=O) groups is 1. The monoisotopic (exact) mass is 439 g/mol. The number of amides is 1. The van der Waals surface area contributed by atoms with E-state index in [1.54, 1.807) is 19.1 Å². The van der Waals surface area contributed by atoms with Crippen LogP contribution in [0.4, 0.5) is 24.5 Å². The van der Waals surface area contributed by atoms with Crippen LogP contribution < -0.4 is 15.4 Å². The molecule has 7 nitrogen and oxygen atoms in total. The molecule has 0 aliphatic carbocycles. The summed E-state index contributed by atoms with van der Waals surface area (Å²) in [5, 5.41) is 9.80. The first-order chi connectivity index (χ1) is 14.2. The van der Waals surface area contributed by atoms with Gasteiger partial charge >= 0.3 is 6.18 Å². The van der Waals surface area contributed by atoms with Gasteiger partial charge in [-0.2, -0.15) is 18.3 Å². The van der Waals surface area contributed by atoms with Crippen molar-refractivity contribution in [3.05, 3.63) is 59.1 Å². The van der Waals surface area contributed by atoms with Crippen LogP contribution in [0.15, 0.2) is 43.0 Å². The fourth-order valence-electron chi connectivity index (χ4n) is 2.69. The number of ether oxygens (including phenoxy) is 1. The summed E-state index contributed by atoms with van der Waals surface area (Å²) < 4.78 is 45.8. The Balaban J connectivity index is 1.81. The van der Waals surface area contributed by atoms with E-state index in [0.717, 1.165) is 17.7 Å². The molecule has 3 aromatic rings. The lowest BCUT2D eigenvalue weighted by molar-refractivity contribution is -0.137. The molecule has 0 saturated heterocycles. The number of carbonyl (C=O) groups excluding carboxylic acids is 1. The molecule has 0 saturated carbocycles. The maximum absolute atomic E-state index is 13.1. The SMILES string of the molecule is COc1cc(Cl)c(C)cc1NCC(=O)Nc1cc(C(F)(F)F)ccc1-n1cncn1. The Morgan fingerprint density at radius 3 is 2.63 bits per heavy atom. The van der Waals surface area contributed by atoms with Gasteiger partial charge in [0.2, 0.25) is 5.91 Å². The molecule has 158 valence electrons. The van der Waals surface area contributed by atoms with Crippen molar-refractivity contribution < 1.29 is 22.7 Å². The smallest absolute Gasteiger partial charge is 0.416 e. The second kappa shape index (κ2) is 8.62. The number of nitrogens with one attached hydrogen (secondary N) is 2. The van der Waals surface area contributed by atoms with E-state index in [9.17, 15) is 18.0 Å². The highest BCUT2D eigenvalue weighted by molar-refractivity contribution is 6.31. The summed E-state index contributed by atoms with van der Waals surface area (Å²) in [4.78, 5) is 16.2. The molecule has 0 atom stereocenters. The highest BCUT2D eigenvalue weighted by Crippen LogP contribution is 2.33. The van der Waals surface area contributed by atoms with Gasteiger partial charge in [0, 0.05) is 11.1 Å². The lowest BCUT2D eigenvalue weighted by Crippen LogP contribution is -2.23. The van der Waals surface area contributed by atoms with Crippen LogP contribution >= 0.6 is 11.6 Å². The Morgan fingerprint density at radius 2 is 2.00 bits per heavy atom. The summed E-state index contributed by atoms with van der Waals surface area (Å²) in [6, 6.07) is 6.28. The summed E-state index contributed by atoms with van der Waals surface area (Å²) in [6.45, 7) is 1.57. The fourth-order valence-corrected chi connectivity index (χ4v) is 2.84. The van der Waals surface area contributed by atoms with Crippen LogP contribution in [0.2, 0.25) is 5.02 Å². The van der Waals surface area contributed by atoms with Crippen LogP contribution in [0.5, 0.6) is 5.75 Å². The molecule has 1 heterocycles.